The van der Waals surface area contributed by atoms with Crippen LogP contribution in [0.25, 0.3) is 0 Å². The van der Waals surface area contributed by atoms with Gasteiger partial charge in [-0.1, -0.05) is 45.4 Å². The van der Waals surface area contributed by atoms with E-state index in [-0.39, 0.29) is 11.0 Å². The molecule has 2 N–H and O–H groups in total. The van der Waals surface area contributed by atoms with Crippen molar-refractivity contribution in [2.45, 2.75) is 82.7 Å². The van der Waals surface area contributed by atoms with Crippen LogP contribution in [0.3, 0.4) is 0 Å². The SMILES string of the molecule is CCN[C@@H]1C2(CCCCC2)NC(=O)C12CCCCC2. The second-order valence-corrected chi connectivity index (χ2v) is 6.88. The maximum atomic E-state index is 12.8. The number of carbonyl (C=O) groups excluding carboxylic acids is 1. The van der Waals surface area contributed by atoms with Gasteiger partial charge in [-0.2, -0.15) is 0 Å². The van der Waals surface area contributed by atoms with Crippen LogP contribution < -0.4 is 10.6 Å². The first kappa shape index (κ1) is 13.4. The molecule has 2 spiro atoms. The average Bonchev–Trinajstić information content (AvgIpc) is 2.64. The van der Waals surface area contributed by atoms with Gasteiger partial charge in [0.2, 0.25) is 5.91 Å². The molecular weight excluding hydrogens is 236 g/mol. The number of nitrogens with one attached hydrogen (secondary N) is 2. The maximum Gasteiger partial charge on any atom is 0.228 e. The van der Waals surface area contributed by atoms with E-state index in [0.29, 0.717) is 11.9 Å². The van der Waals surface area contributed by atoms with Crippen LogP contribution in [0.4, 0.5) is 0 Å². The number of likely N-dealkylation sites (N-methyl/N-ethyl adjacent to an activating group) is 1. The standard InChI is InChI=1S/C16H28N2O/c1-2-17-13-15(9-5-3-6-10-15)14(19)18-16(13)11-7-4-8-12-16/h13,17H,2-12H2,1H3,(H,18,19)/t13-/m0/s1. The lowest BCUT2D eigenvalue weighted by molar-refractivity contribution is -0.130. The zero-order chi connectivity index (χ0) is 13.3. The molecule has 0 radical (unpaired) electrons. The van der Waals surface area contributed by atoms with Gasteiger partial charge >= 0.3 is 0 Å². The Morgan fingerprint density at radius 1 is 1.05 bits per heavy atom. The van der Waals surface area contributed by atoms with Crippen molar-refractivity contribution in [2.24, 2.45) is 5.41 Å². The summed E-state index contributed by atoms with van der Waals surface area (Å²) in [6.45, 7) is 3.15. The topological polar surface area (TPSA) is 41.1 Å². The van der Waals surface area contributed by atoms with E-state index in [1.807, 2.05) is 0 Å². The van der Waals surface area contributed by atoms with Crippen LogP contribution in [0.1, 0.15) is 71.1 Å². The van der Waals surface area contributed by atoms with Crippen molar-refractivity contribution in [3.63, 3.8) is 0 Å². The molecule has 0 bridgehead atoms. The molecule has 1 saturated heterocycles. The van der Waals surface area contributed by atoms with Gasteiger partial charge in [-0.15, -0.1) is 0 Å². The van der Waals surface area contributed by atoms with E-state index in [1.165, 1.54) is 51.4 Å². The van der Waals surface area contributed by atoms with Gasteiger partial charge in [-0.25, -0.2) is 0 Å². The van der Waals surface area contributed by atoms with E-state index >= 15 is 0 Å². The number of carbonyl (C=O) groups is 1. The summed E-state index contributed by atoms with van der Waals surface area (Å²) in [7, 11) is 0. The van der Waals surface area contributed by atoms with Gasteiger partial charge in [-0.05, 0) is 32.2 Å². The first-order valence-corrected chi connectivity index (χ1v) is 8.30. The van der Waals surface area contributed by atoms with Crippen LogP contribution in [0.5, 0.6) is 0 Å². The summed E-state index contributed by atoms with van der Waals surface area (Å²) in [6, 6.07) is 0.373. The monoisotopic (exact) mass is 264 g/mol. The van der Waals surface area contributed by atoms with Crippen molar-refractivity contribution in [2.75, 3.05) is 6.54 Å². The third kappa shape index (κ3) is 2.01. The molecule has 0 aromatic carbocycles. The third-order valence-corrected chi connectivity index (χ3v) is 5.82. The van der Waals surface area contributed by atoms with Crippen molar-refractivity contribution in [3.05, 3.63) is 0 Å². The number of hydrogen-bond acceptors (Lipinski definition) is 2. The van der Waals surface area contributed by atoms with Crippen LogP contribution in [0, 0.1) is 5.41 Å². The van der Waals surface area contributed by atoms with E-state index < -0.39 is 0 Å². The van der Waals surface area contributed by atoms with Crippen LogP contribution in [0.2, 0.25) is 0 Å². The van der Waals surface area contributed by atoms with E-state index in [2.05, 4.69) is 17.6 Å². The molecule has 3 aliphatic rings. The largest absolute Gasteiger partial charge is 0.349 e. The van der Waals surface area contributed by atoms with E-state index in [9.17, 15) is 4.79 Å². The van der Waals surface area contributed by atoms with Crippen LogP contribution >= 0.6 is 0 Å². The highest BCUT2D eigenvalue weighted by Crippen LogP contribution is 2.51. The van der Waals surface area contributed by atoms with Gasteiger partial charge in [0, 0.05) is 6.04 Å². The quantitative estimate of drug-likeness (QED) is 0.805. The summed E-state index contributed by atoms with van der Waals surface area (Å²) < 4.78 is 0. The molecule has 0 aromatic heterocycles. The Labute approximate surface area is 116 Å². The zero-order valence-corrected chi connectivity index (χ0v) is 12.3. The molecule has 19 heavy (non-hydrogen) atoms. The Morgan fingerprint density at radius 3 is 2.21 bits per heavy atom. The summed E-state index contributed by atoms with van der Waals surface area (Å²) in [5.74, 6) is 0.361. The highest BCUT2D eigenvalue weighted by Gasteiger charge is 2.61. The minimum Gasteiger partial charge on any atom is -0.349 e. The van der Waals surface area contributed by atoms with Crippen molar-refractivity contribution in [3.8, 4) is 0 Å². The lowest BCUT2D eigenvalue weighted by Crippen LogP contribution is -2.58. The summed E-state index contributed by atoms with van der Waals surface area (Å²) >= 11 is 0. The number of hydrogen-bond donors (Lipinski definition) is 2. The van der Waals surface area contributed by atoms with Gasteiger partial charge in [0.25, 0.3) is 0 Å². The Balaban J connectivity index is 1.92. The first-order valence-electron chi connectivity index (χ1n) is 8.30. The van der Waals surface area contributed by atoms with Gasteiger partial charge in [0.1, 0.15) is 0 Å². The molecule has 1 amide bonds. The molecule has 3 fully saturated rings. The highest BCUT2D eigenvalue weighted by molar-refractivity contribution is 5.88. The molecule has 0 aromatic rings. The normalized spacial score (nSPS) is 32.7. The highest BCUT2D eigenvalue weighted by atomic mass is 16.2. The Kier molecular flexibility index (Phi) is 3.59. The summed E-state index contributed by atoms with van der Waals surface area (Å²) in [4.78, 5) is 12.8. The van der Waals surface area contributed by atoms with Crippen molar-refractivity contribution < 1.29 is 4.79 Å². The molecule has 2 aliphatic carbocycles. The minimum atomic E-state index is -0.0917. The average molecular weight is 264 g/mol. The van der Waals surface area contributed by atoms with Gasteiger partial charge in [0.15, 0.2) is 0 Å². The molecule has 1 aliphatic heterocycles. The summed E-state index contributed by atoms with van der Waals surface area (Å²) in [5, 5.41) is 7.18. The molecule has 2 saturated carbocycles. The number of rotatable bonds is 2. The molecule has 3 heteroatoms. The van der Waals surface area contributed by atoms with Crippen LogP contribution in [-0.4, -0.2) is 24.0 Å². The molecule has 3 rings (SSSR count). The fraction of sp³-hybridized carbons (Fsp3) is 0.938. The Morgan fingerprint density at radius 2 is 1.63 bits per heavy atom. The predicted octanol–water partition coefficient (Wildman–Crippen LogP) is 2.75. The Bertz CT molecular complexity index is 341. The number of amides is 1. The molecular formula is C16H28N2O. The molecule has 3 nitrogen and oxygen atoms in total. The first-order chi connectivity index (χ1) is 9.23. The molecule has 0 unspecified atom stereocenters. The molecule has 1 atom stereocenters. The van der Waals surface area contributed by atoms with E-state index in [0.717, 1.165) is 19.4 Å². The fourth-order valence-electron chi connectivity index (χ4n) is 4.97. The van der Waals surface area contributed by atoms with Crippen molar-refractivity contribution in [1.29, 1.82) is 0 Å². The van der Waals surface area contributed by atoms with Crippen molar-refractivity contribution in [1.82, 2.24) is 10.6 Å². The van der Waals surface area contributed by atoms with Gasteiger partial charge < -0.3 is 10.6 Å². The van der Waals surface area contributed by atoms with Crippen LogP contribution in [0.15, 0.2) is 0 Å². The maximum absolute atomic E-state index is 12.8. The second kappa shape index (κ2) is 5.08. The van der Waals surface area contributed by atoms with Gasteiger partial charge in [-0.3, -0.25) is 4.79 Å². The van der Waals surface area contributed by atoms with E-state index in [4.69, 9.17) is 0 Å². The molecule has 108 valence electrons. The van der Waals surface area contributed by atoms with Crippen molar-refractivity contribution >= 4 is 5.91 Å². The lowest BCUT2D eigenvalue weighted by Gasteiger charge is -2.44. The zero-order valence-electron chi connectivity index (χ0n) is 12.3. The van der Waals surface area contributed by atoms with E-state index in [1.54, 1.807) is 0 Å². The molecule has 1 heterocycles. The van der Waals surface area contributed by atoms with Gasteiger partial charge in [0.05, 0.1) is 11.0 Å². The fourth-order valence-corrected chi connectivity index (χ4v) is 4.97. The summed E-state index contributed by atoms with van der Waals surface area (Å²) in [6.07, 6.45) is 12.2. The van der Waals surface area contributed by atoms with Crippen LogP contribution in [-0.2, 0) is 4.79 Å². The summed E-state index contributed by atoms with van der Waals surface area (Å²) in [5.41, 5.74) is -0.0196. The lowest BCUT2D eigenvalue weighted by atomic mass is 9.63. The predicted molar refractivity (Wildman–Crippen MR) is 76.9 cm³/mol. The smallest absolute Gasteiger partial charge is 0.228 e. The third-order valence-electron chi connectivity index (χ3n) is 5.82. The Hall–Kier alpha value is -0.570. The second-order valence-electron chi connectivity index (χ2n) is 6.88. The minimum absolute atomic E-state index is 0.0721.